The van der Waals surface area contributed by atoms with E-state index in [4.69, 9.17) is 0 Å². The molecule has 0 spiro atoms. The van der Waals surface area contributed by atoms with Crippen LogP contribution in [0.3, 0.4) is 0 Å². The summed E-state index contributed by atoms with van der Waals surface area (Å²) in [7, 11) is 1.01. The SMILES string of the molecule is CN(CCC(=O)NCc1ccccc1)C(=O)C(F)(F)F. The predicted octanol–water partition coefficient (Wildman–Crippen LogP) is 1.71. The minimum atomic E-state index is -4.91. The van der Waals surface area contributed by atoms with E-state index in [1.54, 1.807) is 0 Å². The average molecular weight is 288 g/mol. The van der Waals surface area contributed by atoms with E-state index in [0.29, 0.717) is 11.4 Å². The molecule has 0 fully saturated rings. The van der Waals surface area contributed by atoms with Gasteiger partial charge in [0.05, 0.1) is 0 Å². The second-order valence-electron chi connectivity index (χ2n) is 4.24. The molecule has 0 aromatic heterocycles. The number of halogens is 3. The van der Waals surface area contributed by atoms with Crippen molar-refractivity contribution in [2.45, 2.75) is 19.1 Å². The largest absolute Gasteiger partial charge is 0.471 e. The van der Waals surface area contributed by atoms with Crippen molar-refractivity contribution in [2.75, 3.05) is 13.6 Å². The van der Waals surface area contributed by atoms with Crippen LogP contribution in [0, 0.1) is 0 Å². The second-order valence-corrected chi connectivity index (χ2v) is 4.24. The van der Waals surface area contributed by atoms with Crippen LogP contribution in [0.2, 0.25) is 0 Å². The van der Waals surface area contributed by atoms with Crippen molar-refractivity contribution in [1.82, 2.24) is 10.2 Å². The number of benzene rings is 1. The summed E-state index contributed by atoms with van der Waals surface area (Å²) >= 11 is 0. The highest BCUT2D eigenvalue weighted by Crippen LogP contribution is 2.17. The molecule has 1 aromatic carbocycles. The number of alkyl halides is 3. The Labute approximate surface area is 114 Å². The first-order valence-corrected chi connectivity index (χ1v) is 5.93. The minimum Gasteiger partial charge on any atom is -0.352 e. The van der Waals surface area contributed by atoms with E-state index >= 15 is 0 Å². The molecule has 0 saturated carbocycles. The van der Waals surface area contributed by atoms with Crippen LogP contribution in [0.1, 0.15) is 12.0 Å². The minimum absolute atomic E-state index is 0.175. The fourth-order valence-corrected chi connectivity index (χ4v) is 1.47. The standard InChI is InChI=1S/C13H15F3N2O2/c1-18(12(20)13(14,15)16)8-7-11(19)17-9-10-5-3-2-4-6-10/h2-6H,7-9H2,1H3,(H,17,19). The van der Waals surface area contributed by atoms with Gasteiger partial charge in [-0.25, -0.2) is 0 Å². The third-order valence-corrected chi connectivity index (χ3v) is 2.60. The number of nitrogens with one attached hydrogen (secondary N) is 1. The van der Waals surface area contributed by atoms with Crippen LogP contribution in [0.4, 0.5) is 13.2 Å². The molecule has 2 amide bonds. The Morgan fingerprint density at radius 1 is 1.20 bits per heavy atom. The summed E-state index contributed by atoms with van der Waals surface area (Å²) in [5, 5.41) is 2.57. The first-order chi connectivity index (χ1) is 9.30. The third-order valence-electron chi connectivity index (χ3n) is 2.60. The molecule has 0 bridgehead atoms. The van der Waals surface area contributed by atoms with E-state index < -0.39 is 18.0 Å². The zero-order valence-corrected chi connectivity index (χ0v) is 10.9. The van der Waals surface area contributed by atoms with Gasteiger partial charge in [-0.15, -0.1) is 0 Å². The number of hydrogen-bond donors (Lipinski definition) is 1. The quantitative estimate of drug-likeness (QED) is 0.896. The van der Waals surface area contributed by atoms with Gasteiger partial charge in [-0.05, 0) is 5.56 Å². The molecule has 0 unspecified atom stereocenters. The van der Waals surface area contributed by atoms with Crippen LogP contribution in [-0.2, 0) is 16.1 Å². The Morgan fingerprint density at radius 3 is 2.35 bits per heavy atom. The second kappa shape index (κ2) is 6.93. The lowest BCUT2D eigenvalue weighted by molar-refractivity contribution is -0.184. The number of rotatable bonds is 5. The van der Waals surface area contributed by atoms with Crippen molar-refractivity contribution in [1.29, 1.82) is 0 Å². The lowest BCUT2D eigenvalue weighted by Gasteiger charge is -2.18. The fourth-order valence-electron chi connectivity index (χ4n) is 1.47. The predicted molar refractivity (Wildman–Crippen MR) is 66.6 cm³/mol. The molecule has 110 valence electrons. The Balaban J connectivity index is 2.32. The Bertz CT molecular complexity index is 460. The first kappa shape index (κ1) is 16.0. The molecule has 7 heteroatoms. The molecule has 0 heterocycles. The maximum absolute atomic E-state index is 12.1. The summed E-state index contributed by atoms with van der Waals surface area (Å²) in [5.41, 5.74) is 0.889. The number of hydrogen-bond acceptors (Lipinski definition) is 2. The van der Waals surface area contributed by atoms with Gasteiger partial charge in [0, 0.05) is 26.6 Å². The van der Waals surface area contributed by atoms with Crippen molar-refractivity contribution in [3.8, 4) is 0 Å². The normalized spacial score (nSPS) is 11.0. The molecule has 0 radical (unpaired) electrons. The van der Waals surface area contributed by atoms with E-state index in [1.807, 2.05) is 30.3 Å². The molecule has 1 rings (SSSR count). The maximum atomic E-state index is 12.1. The van der Waals surface area contributed by atoms with Gasteiger partial charge in [-0.3, -0.25) is 9.59 Å². The lowest BCUT2D eigenvalue weighted by atomic mass is 10.2. The van der Waals surface area contributed by atoms with E-state index in [0.717, 1.165) is 12.6 Å². The maximum Gasteiger partial charge on any atom is 0.471 e. The molecule has 1 aromatic rings. The van der Waals surface area contributed by atoms with Crippen molar-refractivity contribution in [3.05, 3.63) is 35.9 Å². The average Bonchev–Trinajstić information content (AvgIpc) is 2.41. The topological polar surface area (TPSA) is 49.4 Å². The molecule has 0 atom stereocenters. The summed E-state index contributed by atoms with van der Waals surface area (Å²) < 4.78 is 36.3. The van der Waals surface area contributed by atoms with Gasteiger partial charge < -0.3 is 10.2 Å². The van der Waals surface area contributed by atoms with Gasteiger partial charge in [0.15, 0.2) is 0 Å². The number of carbonyl (C=O) groups is 2. The number of nitrogens with zero attached hydrogens (tertiary/aromatic N) is 1. The van der Waals surface area contributed by atoms with Crippen LogP contribution in [0.15, 0.2) is 30.3 Å². The van der Waals surface area contributed by atoms with Gasteiger partial charge in [0.2, 0.25) is 5.91 Å². The summed E-state index contributed by atoms with van der Waals surface area (Å²) in [5.74, 6) is -2.36. The van der Waals surface area contributed by atoms with Gasteiger partial charge in [0.25, 0.3) is 0 Å². The third kappa shape index (κ3) is 5.29. The van der Waals surface area contributed by atoms with E-state index in [-0.39, 0.29) is 13.0 Å². The molecule has 1 N–H and O–H groups in total. The van der Waals surface area contributed by atoms with E-state index in [9.17, 15) is 22.8 Å². The molecular weight excluding hydrogens is 273 g/mol. The van der Waals surface area contributed by atoms with Crippen LogP contribution in [0.5, 0.6) is 0 Å². The Morgan fingerprint density at radius 2 is 1.80 bits per heavy atom. The van der Waals surface area contributed by atoms with Crippen LogP contribution in [0.25, 0.3) is 0 Å². The molecular formula is C13H15F3N2O2. The molecule has 20 heavy (non-hydrogen) atoms. The number of amides is 2. The van der Waals surface area contributed by atoms with Gasteiger partial charge in [-0.2, -0.15) is 13.2 Å². The fraction of sp³-hybridized carbons (Fsp3) is 0.385. The lowest BCUT2D eigenvalue weighted by Crippen LogP contribution is -2.40. The van der Waals surface area contributed by atoms with Crippen molar-refractivity contribution in [2.24, 2.45) is 0 Å². The van der Waals surface area contributed by atoms with Crippen molar-refractivity contribution >= 4 is 11.8 Å². The van der Waals surface area contributed by atoms with Crippen LogP contribution in [-0.4, -0.2) is 36.5 Å². The molecule has 0 saturated heterocycles. The zero-order chi connectivity index (χ0) is 15.2. The summed E-state index contributed by atoms with van der Waals surface area (Å²) in [6, 6.07) is 9.11. The number of carbonyl (C=O) groups excluding carboxylic acids is 2. The van der Waals surface area contributed by atoms with E-state index in [2.05, 4.69) is 5.32 Å². The van der Waals surface area contributed by atoms with Gasteiger partial charge in [-0.1, -0.05) is 30.3 Å². The Kier molecular flexibility index (Phi) is 5.54. The van der Waals surface area contributed by atoms with Crippen molar-refractivity contribution in [3.63, 3.8) is 0 Å². The zero-order valence-electron chi connectivity index (χ0n) is 10.9. The van der Waals surface area contributed by atoms with Gasteiger partial charge >= 0.3 is 12.1 Å². The summed E-state index contributed by atoms with van der Waals surface area (Å²) in [6.45, 7) is 0.0234. The highest BCUT2D eigenvalue weighted by Gasteiger charge is 2.41. The molecule has 0 aliphatic heterocycles. The van der Waals surface area contributed by atoms with E-state index in [1.165, 1.54) is 0 Å². The van der Waals surface area contributed by atoms with Crippen molar-refractivity contribution < 1.29 is 22.8 Å². The molecule has 4 nitrogen and oxygen atoms in total. The monoisotopic (exact) mass is 288 g/mol. The van der Waals surface area contributed by atoms with Crippen LogP contribution < -0.4 is 5.32 Å². The summed E-state index contributed by atoms with van der Waals surface area (Å²) in [6.07, 6.45) is -5.08. The summed E-state index contributed by atoms with van der Waals surface area (Å²) in [4.78, 5) is 22.8. The molecule has 0 aliphatic carbocycles. The van der Waals surface area contributed by atoms with Crippen LogP contribution >= 0.6 is 0 Å². The smallest absolute Gasteiger partial charge is 0.352 e. The highest BCUT2D eigenvalue weighted by molar-refractivity contribution is 5.82. The Hall–Kier alpha value is -2.05. The first-order valence-electron chi connectivity index (χ1n) is 5.93. The highest BCUT2D eigenvalue weighted by atomic mass is 19.4. The molecule has 0 aliphatic rings. The van der Waals surface area contributed by atoms with Gasteiger partial charge in [0.1, 0.15) is 0 Å².